The molecular formula is C23H27N3O4. The lowest BCUT2D eigenvalue weighted by atomic mass is 10.1. The van der Waals surface area contributed by atoms with E-state index < -0.39 is 5.91 Å². The number of nitrogens with zero attached hydrogens (tertiary/aromatic N) is 2. The first-order chi connectivity index (χ1) is 14.4. The number of hydrogen-bond donors (Lipinski definition) is 1. The second-order valence-electron chi connectivity index (χ2n) is 7.30. The van der Waals surface area contributed by atoms with E-state index in [0.717, 1.165) is 42.9 Å². The first-order valence-electron chi connectivity index (χ1n) is 9.89. The Balaban J connectivity index is 1.82. The Hall–Kier alpha value is -3.24. The Morgan fingerprint density at radius 2 is 1.97 bits per heavy atom. The summed E-state index contributed by atoms with van der Waals surface area (Å²) in [4.78, 5) is 12.7. The summed E-state index contributed by atoms with van der Waals surface area (Å²) in [5, 5.41) is 12.3. The number of nitrogens with one attached hydrogen (secondary N) is 1. The molecule has 1 aromatic heterocycles. The molecule has 1 fully saturated rings. The lowest BCUT2D eigenvalue weighted by Crippen LogP contribution is -2.17. The number of nitriles is 1. The zero-order valence-corrected chi connectivity index (χ0v) is 17.8. The van der Waals surface area contributed by atoms with Crippen LogP contribution in [0, 0.1) is 25.2 Å². The van der Waals surface area contributed by atoms with Crippen molar-refractivity contribution >= 4 is 17.7 Å². The number of methoxy groups -OCH3 is 2. The van der Waals surface area contributed by atoms with Gasteiger partial charge < -0.3 is 24.1 Å². The van der Waals surface area contributed by atoms with Gasteiger partial charge in [0.25, 0.3) is 5.91 Å². The van der Waals surface area contributed by atoms with Gasteiger partial charge in [0.05, 0.1) is 20.3 Å². The fraction of sp³-hybridized carbons (Fsp3) is 0.391. The minimum atomic E-state index is -0.489. The highest BCUT2D eigenvalue weighted by atomic mass is 16.5. The molecular weight excluding hydrogens is 382 g/mol. The maximum atomic E-state index is 12.7. The fourth-order valence-corrected chi connectivity index (χ4v) is 3.63. The molecule has 158 valence electrons. The van der Waals surface area contributed by atoms with Crippen molar-refractivity contribution in [3.8, 4) is 17.6 Å². The summed E-state index contributed by atoms with van der Waals surface area (Å²) in [6.45, 7) is 5.61. The second-order valence-corrected chi connectivity index (χ2v) is 7.30. The Morgan fingerprint density at radius 3 is 2.53 bits per heavy atom. The Labute approximate surface area is 176 Å². The molecule has 1 aliphatic heterocycles. The maximum absolute atomic E-state index is 12.7. The fourth-order valence-electron chi connectivity index (χ4n) is 3.63. The molecule has 0 saturated carbocycles. The Kier molecular flexibility index (Phi) is 6.80. The van der Waals surface area contributed by atoms with Crippen LogP contribution in [0.25, 0.3) is 6.08 Å². The number of aromatic nitrogens is 1. The molecule has 7 heteroatoms. The highest BCUT2D eigenvalue weighted by molar-refractivity contribution is 6.09. The number of amides is 1. The predicted molar refractivity (Wildman–Crippen MR) is 115 cm³/mol. The number of aryl methyl sites for hydroxylation is 1. The van der Waals surface area contributed by atoms with E-state index in [2.05, 4.69) is 9.88 Å². The van der Waals surface area contributed by atoms with Crippen molar-refractivity contribution in [1.82, 2.24) is 4.57 Å². The van der Waals surface area contributed by atoms with E-state index in [1.54, 1.807) is 24.3 Å². The Bertz CT molecular complexity index is 972. The third kappa shape index (κ3) is 4.84. The third-order valence-electron chi connectivity index (χ3n) is 5.30. The molecule has 2 aromatic rings. The van der Waals surface area contributed by atoms with Gasteiger partial charge in [0.1, 0.15) is 23.1 Å². The number of benzene rings is 1. The smallest absolute Gasteiger partial charge is 0.266 e. The van der Waals surface area contributed by atoms with Crippen LogP contribution in [0.4, 0.5) is 5.69 Å². The SMILES string of the molecule is COc1cc(NC(=O)/C(C#N)=C/c2cc(C)n(C[C@H]3CCCO3)c2C)cc(OC)c1. The van der Waals surface area contributed by atoms with Crippen LogP contribution in [0.15, 0.2) is 29.8 Å². The largest absolute Gasteiger partial charge is 0.497 e. The molecule has 0 radical (unpaired) electrons. The average molecular weight is 409 g/mol. The van der Waals surface area contributed by atoms with E-state index in [4.69, 9.17) is 14.2 Å². The quantitative estimate of drug-likeness (QED) is 0.555. The summed E-state index contributed by atoms with van der Waals surface area (Å²) in [7, 11) is 3.07. The van der Waals surface area contributed by atoms with E-state index in [9.17, 15) is 10.1 Å². The van der Waals surface area contributed by atoms with E-state index in [0.29, 0.717) is 17.2 Å². The van der Waals surface area contributed by atoms with Gasteiger partial charge in [-0.3, -0.25) is 4.79 Å². The zero-order chi connectivity index (χ0) is 21.7. The van der Waals surface area contributed by atoms with Crippen molar-refractivity contribution in [3.63, 3.8) is 0 Å². The van der Waals surface area contributed by atoms with Crippen molar-refractivity contribution in [3.05, 3.63) is 46.8 Å². The molecule has 1 saturated heterocycles. The van der Waals surface area contributed by atoms with Crippen LogP contribution < -0.4 is 14.8 Å². The van der Waals surface area contributed by atoms with Gasteiger partial charge in [0.15, 0.2) is 0 Å². The predicted octanol–water partition coefficient (Wildman–Crippen LogP) is 3.85. The van der Waals surface area contributed by atoms with Gasteiger partial charge >= 0.3 is 0 Å². The standard InChI is InChI=1S/C23H27N3O4/c1-15-8-17(16(2)26(15)14-20-6-5-7-30-20)9-18(13-24)23(27)25-19-10-21(28-3)12-22(11-19)29-4/h8-12,20H,5-7,14H2,1-4H3,(H,25,27)/b18-9+/t20-/m1/s1. The van der Waals surface area contributed by atoms with Gasteiger partial charge in [0, 0.05) is 48.4 Å². The molecule has 1 N–H and O–H groups in total. The molecule has 0 aliphatic carbocycles. The van der Waals surface area contributed by atoms with Crippen molar-refractivity contribution < 1.29 is 19.0 Å². The molecule has 0 bridgehead atoms. The topological polar surface area (TPSA) is 85.5 Å². The van der Waals surface area contributed by atoms with E-state index in [1.165, 1.54) is 14.2 Å². The van der Waals surface area contributed by atoms with Gasteiger partial charge in [-0.25, -0.2) is 0 Å². The van der Waals surface area contributed by atoms with Crippen LogP contribution in [-0.4, -0.2) is 37.4 Å². The summed E-state index contributed by atoms with van der Waals surface area (Å²) < 4.78 is 18.4. The number of carbonyl (C=O) groups excluding carboxylic acids is 1. The minimum absolute atomic E-state index is 0.0224. The average Bonchev–Trinajstić information content (AvgIpc) is 3.35. The van der Waals surface area contributed by atoms with Crippen LogP contribution in [0.2, 0.25) is 0 Å². The van der Waals surface area contributed by atoms with Gasteiger partial charge in [-0.2, -0.15) is 5.26 Å². The minimum Gasteiger partial charge on any atom is -0.497 e. The highest BCUT2D eigenvalue weighted by Crippen LogP contribution is 2.27. The number of hydrogen-bond acceptors (Lipinski definition) is 5. The number of carbonyl (C=O) groups is 1. The van der Waals surface area contributed by atoms with E-state index in [-0.39, 0.29) is 11.7 Å². The molecule has 1 atom stereocenters. The lowest BCUT2D eigenvalue weighted by molar-refractivity contribution is -0.112. The summed E-state index contributed by atoms with van der Waals surface area (Å²) in [5.41, 5.74) is 3.44. The van der Waals surface area contributed by atoms with Gasteiger partial charge in [-0.05, 0) is 44.4 Å². The van der Waals surface area contributed by atoms with Gasteiger partial charge in [-0.1, -0.05) is 0 Å². The molecule has 1 amide bonds. The van der Waals surface area contributed by atoms with E-state index in [1.807, 2.05) is 26.0 Å². The molecule has 30 heavy (non-hydrogen) atoms. The first-order valence-corrected chi connectivity index (χ1v) is 9.89. The van der Waals surface area contributed by atoms with Crippen molar-refractivity contribution in [2.45, 2.75) is 39.3 Å². The molecule has 1 aliphatic rings. The van der Waals surface area contributed by atoms with Gasteiger partial charge in [0.2, 0.25) is 0 Å². The Morgan fingerprint density at radius 1 is 1.27 bits per heavy atom. The monoisotopic (exact) mass is 409 g/mol. The molecule has 0 spiro atoms. The van der Waals surface area contributed by atoms with Crippen molar-refractivity contribution in [2.24, 2.45) is 0 Å². The summed E-state index contributed by atoms with van der Waals surface area (Å²) in [6.07, 6.45) is 3.98. The molecule has 0 unspecified atom stereocenters. The van der Waals surface area contributed by atoms with Crippen molar-refractivity contribution in [1.29, 1.82) is 5.26 Å². The number of rotatable bonds is 7. The normalized spacial score (nSPS) is 16.2. The summed E-state index contributed by atoms with van der Waals surface area (Å²) in [6, 6.07) is 9.05. The highest BCUT2D eigenvalue weighted by Gasteiger charge is 2.19. The van der Waals surface area contributed by atoms with Gasteiger partial charge in [-0.15, -0.1) is 0 Å². The molecule has 2 heterocycles. The van der Waals surface area contributed by atoms with Crippen LogP contribution in [0.1, 0.15) is 29.8 Å². The third-order valence-corrected chi connectivity index (χ3v) is 5.30. The van der Waals surface area contributed by atoms with Crippen LogP contribution in [-0.2, 0) is 16.1 Å². The number of ether oxygens (including phenoxy) is 3. The molecule has 7 nitrogen and oxygen atoms in total. The summed E-state index contributed by atoms with van der Waals surface area (Å²) in [5.74, 6) is 0.603. The van der Waals surface area contributed by atoms with Crippen LogP contribution in [0.5, 0.6) is 11.5 Å². The second kappa shape index (κ2) is 9.51. The first kappa shape index (κ1) is 21.5. The summed E-state index contributed by atoms with van der Waals surface area (Å²) >= 11 is 0. The van der Waals surface area contributed by atoms with Crippen LogP contribution in [0.3, 0.4) is 0 Å². The van der Waals surface area contributed by atoms with Crippen molar-refractivity contribution in [2.75, 3.05) is 26.1 Å². The van der Waals surface area contributed by atoms with Crippen LogP contribution >= 0.6 is 0 Å². The lowest BCUT2D eigenvalue weighted by Gasteiger charge is -2.14. The zero-order valence-electron chi connectivity index (χ0n) is 17.8. The molecule has 1 aromatic carbocycles. The van der Waals surface area contributed by atoms with E-state index >= 15 is 0 Å². The molecule has 3 rings (SSSR count). The maximum Gasteiger partial charge on any atom is 0.266 e. The number of anilines is 1.